The van der Waals surface area contributed by atoms with E-state index in [0.717, 1.165) is 30.5 Å². The van der Waals surface area contributed by atoms with Crippen LogP contribution >= 0.6 is 0 Å². The molecule has 0 spiro atoms. The molecule has 3 aromatic rings. The lowest BCUT2D eigenvalue weighted by molar-refractivity contribution is -0.137. The van der Waals surface area contributed by atoms with Gasteiger partial charge < -0.3 is 29.7 Å². The van der Waals surface area contributed by atoms with Crippen LogP contribution in [0.3, 0.4) is 0 Å². The molecule has 41 heavy (non-hydrogen) atoms. The Morgan fingerprint density at radius 3 is 2.41 bits per heavy atom. The quantitative estimate of drug-likeness (QED) is 0.243. The molecule has 1 aliphatic rings. The highest BCUT2D eigenvalue weighted by atomic mass is 16.6. The van der Waals surface area contributed by atoms with Crippen LogP contribution in [-0.4, -0.2) is 80.1 Å². The minimum atomic E-state index is -0.682. The minimum Gasteiger partial charge on any atom is -0.494 e. The average Bonchev–Trinajstić information content (AvgIpc) is 3.23. The standard InChI is InChI=1S/C24H30N6O3.C6H12O2/c1-15-6-7-17(12-16(15)2)25-13-18-19-20(28-22(18)31)26-14-27-21(19)29-8-10-30(11-9-29)23(32)33-24(3,4)5;1-2-3-4-5-6(7)8/h6-7,12-14,31H,8-11H2,1-5H3,(H,26,27,28);2-5H2,1H3,(H,7,8). The van der Waals surface area contributed by atoms with Gasteiger partial charge in [0.2, 0.25) is 0 Å². The van der Waals surface area contributed by atoms with E-state index in [4.69, 9.17) is 9.84 Å². The van der Waals surface area contributed by atoms with Crippen molar-refractivity contribution < 1.29 is 24.5 Å². The van der Waals surface area contributed by atoms with Gasteiger partial charge in [-0.1, -0.05) is 25.8 Å². The Morgan fingerprint density at radius 2 is 1.80 bits per heavy atom. The first-order chi connectivity index (χ1) is 19.4. The predicted molar refractivity (Wildman–Crippen MR) is 161 cm³/mol. The maximum atomic E-state index is 12.4. The molecular formula is C30H42N6O5. The van der Waals surface area contributed by atoms with Crippen LogP contribution in [0.1, 0.15) is 70.1 Å². The van der Waals surface area contributed by atoms with Gasteiger partial charge >= 0.3 is 12.1 Å². The highest BCUT2D eigenvalue weighted by molar-refractivity contribution is 6.06. The van der Waals surface area contributed by atoms with Crippen molar-refractivity contribution in [2.45, 2.75) is 72.8 Å². The van der Waals surface area contributed by atoms with Crippen LogP contribution in [0.25, 0.3) is 11.0 Å². The number of carbonyl (C=O) groups is 2. The zero-order valence-corrected chi connectivity index (χ0v) is 24.9. The molecule has 0 bridgehead atoms. The topological polar surface area (TPSA) is 144 Å². The van der Waals surface area contributed by atoms with Crippen molar-refractivity contribution in [2.75, 3.05) is 31.1 Å². The van der Waals surface area contributed by atoms with Crippen molar-refractivity contribution >= 4 is 40.8 Å². The molecule has 1 fully saturated rings. The fourth-order valence-electron chi connectivity index (χ4n) is 4.28. The molecule has 11 nitrogen and oxygen atoms in total. The molecule has 3 N–H and O–H groups in total. The number of amides is 1. The van der Waals surface area contributed by atoms with Crippen LogP contribution in [0.15, 0.2) is 29.5 Å². The van der Waals surface area contributed by atoms with Crippen LogP contribution < -0.4 is 4.90 Å². The first kappa shape index (κ1) is 31.4. The molecule has 0 radical (unpaired) electrons. The zero-order chi connectivity index (χ0) is 30.2. The summed E-state index contributed by atoms with van der Waals surface area (Å²) < 4.78 is 5.49. The third-order valence-corrected chi connectivity index (χ3v) is 6.65. The molecule has 0 atom stereocenters. The number of aliphatic carboxylic acids is 1. The molecule has 11 heteroatoms. The Kier molecular flexibility index (Phi) is 10.7. The number of aromatic amines is 1. The van der Waals surface area contributed by atoms with Gasteiger partial charge in [0, 0.05) is 38.8 Å². The van der Waals surface area contributed by atoms with Gasteiger partial charge in [0.25, 0.3) is 0 Å². The van der Waals surface area contributed by atoms with Gasteiger partial charge in [0.15, 0.2) is 5.88 Å². The number of aromatic hydroxyl groups is 1. The number of carboxylic acid groups (broad SMARTS) is 1. The number of ether oxygens (including phenoxy) is 1. The van der Waals surface area contributed by atoms with E-state index in [9.17, 15) is 14.7 Å². The summed E-state index contributed by atoms with van der Waals surface area (Å²) in [7, 11) is 0. The molecule has 1 saturated heterocycles. The summed E-state index contributed by atoms with van der Waals surface area (Å²) in [5, 5.41) is 19.4. The van der Waals surface area contributed by atoms with Gasteiger partial charge in [-0.15, -0.1) is 0 Å². The molecule has 1 amide bonds. The number of carbonyl (C=O) groups excluding carboxylic acids is 1. The first-order valence-corrected chi connectivity index (χ1v) is 14.0. The van der Waals surface area contributed by atoms with Crippen molar-refractivity contribution in [1.29, 1.82) is 0 Å². The number of H-pyrrole nitrogens is 1. The van der Waals surface area contributed by atoms with E-state index in [1.807, 2.05) is 45.9 Å². The largest absolute Gasteiger partial charge is 0.494 e. The second kappa shape index (κ2) is 14.0. The number of aromatic nitrogens is 3. The monoisotopic (exact) mass is 566 g/mol. The summed E-state index contributed by atoms with van der Waals surface area (Å²) in [5.41, 5.74) is 3.70. The number of nitrogens with zero attached hydrogens (tertiary/aromatic N) is 5. The molecule has 0 unspecified atom stereocenters. The average molecular weight is 567 g/mol. The number of carboxylic acids is 1. The summed E-state index contributed by atoms with van der Waals surface area (Å²) in [6, 6.07) is 5.97. The van der Waals surface area contributed by atoms with Crippen LogP contribution in [0.5, 0.6) is 5.88 Å². The van der Waals surface area contributed by atoms with E-state index in [-0.39, 0.29) is 12.0 Å². The number of anilines is 1. The molecule has 0 aliphatic carbocycles. The Morgan fingerprint density at radius 1 is 1.10 bits per heavy atom. The second-order valence-corrected chi connectivity index (χ2v) is 11.1. The van der Waals surface area contributed by atoms with E-state index >= 15 is 0 Å². The lowest BCUT2D eigenvalue weighted by atomic mass is 10.1. The number of hydrogen-bond acceptors (Lipinski definition) is 8. The van der Waals surface area contributed by atoms with E-state index in [1.54, 1.807) is 11.1 Å². The van der Waals surface area contributed by atoms with Crippen molar-refractivity contribution in [2.24, 2.45) is 4.99 Å². The number of benzene rings is 1. The van der Waals surface area contributed by atoms with Crippen molar-refractivity contribution in [3.05, 3.63) is 41.2 Å². The minimum absolute atomic E-state index is 0.00766. The van der Waals surface area contributed by atoms with Crippen molar-refractivity contribution in [1.82, 2.24) is 19.9 Å². The van der Waals surface area contributed by atoms with Crippen LogP contribution in [0.2, 0.25) is 0 Å². The number of fused-ring (bicyclic) bond motifs is 1. The summed E-state index contributed by atoms with van der Waals surface area (Å²) in [6.45, 7) is 13.9. The SMILES string of the molecule is CCCCCC(=O)O.Cc1ccc(N=Cc2c(O)[nH]c3ncnc(N4CCN(C(=O)OC(C)(C)C)CC4)c23)cc1C. The Balaban J connectivity index is 0.000000507. The predicted octanol–water partition coefficient (Wildman–Crippen LogP) is 5.74. The molecule has 222 valence electrons. The summed E-state index contributed by atoms with van der Waals surface area (Å²) >= 11 is 0. The number of aliphatic imine (C=N–C) groups is 1. The lowest BCUT2D eigenvalue weighted by Crippen LogP contribution is -2.50. The number of unbranched alkanes of at least 4 members (excludes halogenated alkanes) is 2. The first-order valence-electron chi connectivity index (χ1n) is 14.0. The maximum Gasteiger partial charge on any atom is 0.410 e. The van der Waals surface area contributed by atoms with Gasteiger partial charge in [0.05, 0.1) is 16.6 Å². The number of piperazine rings is 1. The van der Waals surface area contributed by atoms with E-state index < -0.39 is 11.6 Å². The normalized spacial score (nSPS) is 13.8. The number of rotatable bonds is 7. The Hall–Kier alpha value is -4.15. The molecule has 0 saturated carbocycles. The highest BCUT2D eigenvalue weighted by Crippen LogP contribution is 2.32. The van der Waals surface area contributed by atoms with E-state index in [0.29, 0.717) is 55.0 Å². The van der Waals surface area contributed by atoms with E-state index in [2.05, 4.69) is 38.7 Å². The van der Waals surface area contributed by atoms with Crippen LogP contribution in [-0.2, 0) is 9.53 Å². The number of nitrogens with one attached hydrogen (secondary N) is 1. The van der Waals surface area contributed by atoms with Gasteiger partial charge in [-0.3, -0.25) is 9.79 Å². The molecular weight excluding hydrogens is 524 g/mol. The maximum absolute atomic E-state index is 12.4. The van der Waals surface area contributed by atoms with Crippen LogP contribution in [0, 0.1) is 13.8 Å². The van der Waals surface area contributed by atoms with Crippen LogP contribution in [0.4, 0.5) is 16.3 Å². The van der Waals surface area contributed by atoms with Gasteiger partial charge in [-0.2, -0.15) is 0 Å². The molecule has 4 rings (SSSR count). The fraction of sp³-hybridized carbons (Fsp3) is 0.500. The fourth-order valence-corrected chi connectivity index (χ4v) is 4.28. The Bertz CT molecular complexity index is 1370. The Labute approximate surface area is 241 Å². The number of aryl methyl sites for hydroxylation is 2. The van der Waals surface area contributed by atoms with Crippen molar-refractivity contribution in [3.8, 4) is 5.88 Å². The second-order valence-electron chi connectivity index (χ2n) is 11.1. The third kappa shape index (κ3) is 8.92. The summed E-state index contributed by atoms with van der Waals surface area (Å²) in [5.74, 6) is 0.00657. The molecule has 3 heterocycles. The van der Waals surface area contributed by atoms with Gasteiger partial charge in [0.1, 0.15) is 23.4 Å². The third-order valence-electron chi connectivity index (χ3n) is 6.65. The highest BCUT2D eigenvalue weighted by Gasteiger charge is 2.28. The molecule has 2 aromatic heterocycles. The lowest BCUT2D eigenvalue weighted by Gasteiger charge is -2.36. The zero-order valence-electron chi connectivity index (χ0n) is 24.9. The smallest absolute Gasteiger partial charge is 0.410 e. The molecule has 1 aromatic carbocycles. The van der Waals surface area contributed by atoms with Crippen molar-refractivity contribution in [3.63, 3.8) is 0 Å². The number of hydrogen-bond donors (Lipinski definition) is 3. The summed E-state index contributed by atoms with van der Waals surface area (Å²) in [6.07, 6.45) is 6.08. The summed E-state index contributed by atoms with van der Waals surface area (Å²) in [4.78, 5) is 42.3. The van der Waals surface area contributed by atoms with Gasteiger partial charge in [-0.05, 0) is 64.3 Å². The molecule has 1 aliphatic heterocycles. The van der Waals surface area contributed by atoms with Gasteiger partial charge in [-0.25, -0.2) is 14.8 Å². The van der Waals surface area contributed by atoms with E-state index in [1.165, 1.54) is 11.9 Å².